The molecule has 0 radical (unpaired) electrons. The normalized spacial score (nSPS) is 49.4. The number of aliphatic hydroxyl groups excluding tert-OH is 1. The number of carbonyl (C=O) groups is 1. The standard InChI is InChI=1S/C20H30O3/c1-12-10-14-15-4-3-7-19(15,2)8-6-16(14)20(18(22)23)9-5-13(21)11-17(12)20/h11-12,14-16,18,22-23H,3-10H2,1-2H3/t12?,14-,15-,16+,19-,20-/m0/s1. The van der Waals surface area contributed by atoms with Crippen molar-refractivity contribution in [2.75, 3.05) is 0 Å². The molecule has 0 heterocycles. The van der Waals surface area contributed by atoms with Crippen molar-refractivity contribution in [3.8, 4) is 0 Å². The van der Waals surface area contributed by atoms with E-state index in [-0.39, 0.29) is 5.78 Å². The van der Waals surface area contributed by atoms with Gasteiger partial charge in [-0.25, -0.2) is 0 Å². The first kappa shape index (κ1) is 15.8. The molecule has 0 amide bonds. The maximum absolute atomic E-state index is 12.0. The summed E-state index contributed by atoms with van der Waals surface area (Å²) in [5, 5.41) is 20.8. The molecule has 3 nitrogen and oxygen atoms in total. The Morgan fingerprint density at radius 1 is 1.17 bits per heavy atom. The quantitative estimate of drug-likeness (QED) is 0.728. The monoisotopic (exact) mass is 318 g/mol. The van der Waals surface area contributed by atoms with Gasteiger partial charge >= 0.3 is 0 Å². The Morgan fingerprint density at radius 3 is 2.70 bits per heavy atom. The lowest BCUT2D eigenvalue weighted by Gasteiger charge is -2.60. The SMILES string of the molecule is CC1C[C@@H]2[C@@H](CC[C@]3(C)CCC[C@@H]23)[C@@]2(C(O)O)CCC(=O)C=C12. The maximum atomic E-state index is 12.0. The summed E-state index contributed by atoms with van der Waals surface area (Å²) >= 11 is 0. The Hall–Kier alpha value is -0.670. The molecule has 0 aromatic heterocycles. The lowest BCUT2D eigenvalue weighted by Crippen LogP contribution is -2.57. The third-order valence-electron chi connectivity index (χ3n) is 8.14. The molecule has 2 N–H and O–H groups in total. The van der Waals surface area contributed by atoms with Gasteiger partial charge in [0.15, 0.2) is 12.1 Å². The van der Waals surface area contributed by atoms with Crippen LogP contribution in [0.25, 0.3) is 0 Å². The topological polar surface area (TPSA) is 57.5 Å². The number of hydrogen-bond acceptors (Lipinski definition) is 3. The number of hydrogen-bond donors (Lipinski definition) is 2. The van der Waals surface area contributed by atoms with Gasteiger partial charge in [-0.2, -0.15) is 0 Å². The Morgan fingerprint density at radius 2 is 1.96 bits per heavy atom. The van der Waals surface area contributed by atoms with Gasteiger partial charge in [0.05, 0.1) is 0 Å². The zero-order chi connectivity index (χ0) is 16.4. The molecule has 0 aromatic carbocycles. The number of ketones is 1. The van der Waals surface area contributed by atoms with Gasteiger partial charge in [-0.1, -0.05) is 25.8 Å². The first-order valence-electron chi connectivity index (χ1n) is 9.49. The largest absolute Gasteiger partial charge is 0.367 e. The van der Waals surface area contributed by atoms with E-state index in [1.807, 2.05) is 0 Å². The van der Waals surface area contributed by atoms with Crippen LogP contribution in [0.15, 0.2) is 11.6 Å². The highest BCUT2D eigenvalue weighted by atomic mass is 16.5. The van der Waals surface area contributed by atoms with Gasteiger partial charge in [0.1, 0.15) is 0 Å². The summed E-state index contributed by atoms with van der Waals surface area (Å²) in [6, 6.07) is 0. The van der Waals surface area contributed by atoms with Crippen molar-refractivity contribution in [1.29, 1.82) is 0 Å². The van der Waals surface area contributed by atoms with Gasteiger partial charge in [0.25, 0.3) is 0 Å². The van der Waals surface area contributed by atoms with Crippen molar-refractivity contribution >= 4 is 5.78 Å². The molecule has 3 fully saturated rings. The molecule has 23 heavy (non-hydrogen) atoms. The Balaban J connectivity index is 1.79. The van der Waals surface area contributed by atoms with E-state index in [9.17, 15) is 15.0 Å². The molecule has 0 aromatic rings. The van der Waals surface area contributed by atoms with Crippen molar-refractivity contribution in [2.45, 2.75) is 71.5 Å². The molecule has 3 heteroatoms. The zero-order valence-electron chi connectivity index (χ0n) is 14.4. The number of fused-ring (bicyclic) bond motifs is 5. The molecule has 0 spiro atoms. The van der Waals surface area contributed by atoms with Crippen LogP contribution in [0.5, 0.6) is 0 Å². The van der Waals surface area contributed by atoms with E-state index >= 15 is 0 Å². The Labute approximate surface area is 139 Å². The van der Waals surface area contributed by atoms with Crippen molar-refractivity contribution < 1.29 is 15.0 Å². The average molecular weight is 318 g/mol. The predicted octanol–water partition coefficient (Wildman–Crippen LogP) is 3.45. The van der Waals surface area contributed by atoms with E-state index in [0.717, 1.165) is 24.3 Å². The molecule has 1 unspecified atom stereocenters. The van der Waals surface area contributed by atoms with Gasteiger partial charge < -0.3 is 10.2 Å². The Kier molecular flexibility index (Phi) is 3.55. The second-order valence-corrected chi connectivity index (χ2v) is 9.08. The smallest absolute Gasteiger partial charge is 0.161 e. The second kappa shape index (κ2) is 5.16. The van der Waals surface area contributed by atoms with Crippen molar-refractivity contribution in [2.24, 2.45) is 34.5 Å². The summed E-state index contributed by atoms with van der Waals surface area (Å²) in [6.07, 6.45) is 8.94. The fourth-order valence-corrected chi connectivity index (χ4v) is 7.11. The number of carbonyl (C=O) groups excluding carboxylic acids is 1. The maximum Gasteiger partial charge on any atom is 0.161 e. The van der Waals surface area contributed by atoms with Crippen LogP contribution < -0.4 is 0 Å². The summed E-state index contributed by atoms with van der Waals surface area (Å²) in [5.74, 6) is 2.14. The first-order chi connectivity index (χ1) is 10.9. The molecule has 4 aliphatic carbocycles. The predicted molar refractivity (Wildman–Crippen MR) is 88.4 cm³/mol. The highest BCUT2D eigenvalue weighted by Crippen LogP contribution is 2.66. The minimum atomic E-state index is -1.33. The molecular weight excluding hydrogens is 288 g/mol. The molecule has 3 saturated carbocycles. The van der Waals surface area contributed by atoms with Crippen LogP contribution in [-0.2, 0) is 4.79 Å². The van der Waals surface area contributed by atoms with Crippen LogP contribution in [0.2, 0.25) is 0 Å². The third-order valence-corrected chi connectivity index (χ3v) is 8.14. The molecule has 0 bridgehead atoms. The molecule has 0 saturated heterocycles. The summed E-state index contributed by atoms with van der Waals surface area (Å²) < 4.78 is 0. The summed E-state index contributed by atoms with van der Waals surface area (Å²) in [5.41, 5.74) is 0.959. The number of rotatable bonds is 1. The summed E-state index contributed by atoms with van der Waals surface area (Å²) in [4.78, 5) is 12.0. The summed E-state index contributed by atoms with van der Waals surface area (Å²) in [7, 11) is 0. The van der Waals surface area contributed by atoms with Crippen LogP contribution in [0, 0.1) is 34.5 Å². The molecule has 6 atom stereocenters. The van der Waals surface area contributed by atoms with Crippen LogP contribution in [0.4, 0.5) is 0 Å². The fraction of sp³-hybridized carbons (Fsp3) is 0.850. The van der Waals surface area contributed by atoms with Crippen LogP contribution in [0.1, 0.15) is 65.2 Å². The lowest BCUT2D eigenvalue weighted by molar-refractivity contribution is -0.188. The lowest BCUT2D eigenvalue weighted by atomic mass is 9.45. The Bertz CT molecular complexity index is 551. The molecule has 0 aliphatic heterocycles. The van der Waals surface area contributed by atoms with E-state index < -0.39 is 11.7 Å². The van der Waals surface area contributed by atoms with Gasteiger partial charge in [-0.05, 0) is 73.7 Å². The van der Waals surface area contributed by atoms with Gasteiger partial charge in [0.2, 0.25) is 0 Å². The highest BCUT2D eigenvalue weighted by molar-refractivity contribution is 5.91. The van der Waals surface area contributed by atoms with Crippen LogP contribution >= 0.6 is 0 Å². The average Bonchev–Trinajstić information content (AvgIpc) is 2.89. The van der Waals surface area contributed by atoms with Crippen LogP contribution in [-0.4, -0.2) is 22.3 Å². The van der Waals surface area contributed by atoms with E-state index in [2.05, 4.69) is 13.8 Å². The van der Waals surface area contributed by atoms with E-state index in [1.165, 1.54) is 25.7 Å². The minimum absolute atomic E-state index is 0.170. The zero-order valence-corrected chi connectivity index (χ0v) is 14.4. The van der Waals surface area contributed by atoms with Crippen molar-refractivity contribution in [3.63, 3.8) is 0 Å². The highest BCUT2D eigenvalue weighted by Gasteiger charge is 2.61. The van der Waals surface area contributed by atoms with Crippen molar-refractivity contribution in [1.82, 2.24) is 0 Å². The molecule has 128 valence electrons. The number of aliphatic hydroxyl groups is 2. The van der Waals surface area contributed by atoms with E-state index in [1.54, 1.807) is 6.08 Å². The molecular formula is C20H30O3. The van der Waals surface area contributed by atoms with Gasteiger partial charge in [0, 0.05) is 11.8 Å². The first-order valence-corrected chi connectivity index (χ1v) is 9.49. The van der Waals surface area contributed by atoms with Gasteiger partial charge in [-0.3, -0.25) is 4.79 Å². The van der Waals surface area contributed by atoms with Crippen molar-refractivity contribution in [3.05, 3.63) is 11.6 Å². The fourth-order valence-electron chi connectivity index (χ4n) is 7.11. The molecule has 4 aliphatic rings. The van der Waals surface area contributed by atoms with E-state index in [0.29, 0.717) is 36.0 Å². The second-order valence-electron chi connectivity index (χ2n) is 9.08. The van der Waals surface area contributed by atoms with Gasteiger partial charge in [-0.15, -0.1) is 0 Å². The summed E-state index contributed by atoms with van der Waals surface area (Å²) in [6.45, 7) is 4.65. The van der Waals surface area contributed by atoms with Crippen LogP contribution in [0.3, 0.4) is 0 Å². The minimum Gasteiger partial charge on any atom is -0.367 e. The van der Waals surface area contributed by atoms with E-state index in [4.69, 9.17) is 0 Å². The molecule has 4 rings (SSSR count). The third kappa shape index (κ3) is 2.05.